The van der Waals surface area contributed by atoms with Crippen LogP contribution in [0.4, 0.5) is 0 Å². The average Bonchev–Trinajstić information content (AvgIpc) is 2.65. The summed E-state index contributed by atoms with van der Waals surface area (Å²) in [5.41, 5.74) is -2.55. The van der Waals surface area contributed by atoms with Gasteiger partial charge in [-0.05, 0) is 24.5 Å². The topological polar surface area (TPSA) is 156 Å². The Labute approximate surface area is 158 Å². The maximum atomic E-state index is 13.0. The van der Waals surface area contributed by atoms with Crippen molar-refractivity contribution in [3.63, 3.8) is 0 Å². The first-order valence-electron chi connectivity index (χ1n) is 8.82. The molecule has 0 saturated carbocycles. The minimum absolute atomic E-state index is 0.0984. The van der Waals surface area contributed by atoms with Crippen LogP contribution in [0.25, 0.3) is 0 Å². The summed E-state index contributed by atoms with van der Waals surface area (Å²) in [6.45, 7) is 1.78. The summed E-state index contributed by atoms with van der Waals surface area (Å²) in [4.78, 5) is 25.9. The van der Waals surface area contributed by atoms with Crippen LogP contribution in [0.1, 0.15) is 74.9 Å². The summed E-state index contributed by atoms with van der Waals surface area (Å²) in [5.74, 6) is -4.97. The number of rotatable bonds is 1. The van der Waals surface area contributed by atoms with Gasteiger partial charge in [0.1, 0.15) is 23.0 Å². The van der Waals surface area contributed by atoms with Crippen molar-refractivity contribution >= 4 is 11.6 Å². The van der Waals surface area contributed by atoms with Gasteiger partial charge in [0, 0.05) is 11.1 Å². The number of carbonyl (C=O) groups is 2. The van der Waals surface area contributed by atoms with Crippen molar-refractivity contribution in [1.29, 1.82) is 0 Å². The smallest absolute Gasteiger partial charge is 0.202 e. The van der Waals surface area contributed by atoms with Gasteiger partial charge in [0.2, 0.25) is 11.6 Å². The minimum Gasteiger partial charge on any atom is -0.507 e. The van der Waals surface area contributed by atoms with Crippen molar-refractivity contribution in [2.24, 2.45) is 5.92 Å². The second-order valence-electron chi connectivity index (χ2n) is 7.15. The Kier molecular flexibility index (Phi) is 3.88. The molecule has 2 aromatic rings. The predicted octanol–water partition coefficient (Wildman–Crippen LogP) is 1.78. The van der Waals surface area contributed by atoms with Gasteiger partial charge in [-0.1, -0.05) is 13.3 Å². The van der Waals surface area contributed by atoms with E-state index in [1.165, 1.54) is 0 Å². The lowest BCUT2D eigenvalue weighted by atomic mass is 9.72. The standard InChI is InChI=1S/C20H18O8/c1-2-6-5-9(23)12-13(16(6)24)20(28)15-14(19(12)27)17(25)10-7(21)3-4-8(22)11(10)18(15)26/h3-4,6,9,16,21-24,27-28H,2,5H2,1H3. The van der Waals surface area contributed by atoms with Crippen LogP contribution in [0.5, 0.6) is 23.0 Å². The van der Waals surface area contributed by atoms with Gasteiger partial charge < -0.3 is 30.6 Å². The molecule has 2 aliphatic carbocycles. The highest BCUT2D eigenvalue weighted by Gasteiger charge is 2.45. The molecule has 3 atom stereocenters. The molecule has 8 heteroatoms. The molecular formula is C20H18O8. The normalized spacial score (nSPS) is 23.2. The Morgan fingerprint density at radius 1 is 0.821 bits per heavy atom. The van der Waals surface area contributed by atoms with Gasteiger partial charge in [-0.2, -0.15) is 0 Å². The molecule has 2 aromatic carbocycles. The fourth-order valence-electron chi connectivity index (χ4n) is 4.29. The van der Waals surface area contributed by atoms with E-state index < -0.39 is 74.9 Å². The lowest BCUT2D eigenvalue weighted by molar-refractivity contribution is 0.0333. The van der Waals surface area contributed by atoms with Crippen molar-refractivity contribution in [2.45, 2.75) is 32.0 Å². The summed E-state index contributed by atoms with van der Waals surface area (Å²) in [6.07, 6.45) is -1.95. The number of phenolic OH excluding ortho intramolecular Hbond substituents is 4. The van der Waals surface area contributed by atoms with E-state index in [-0.39, 0.29) is 17.5 Å². The van der Waals surface area contributed by atoms with Gasteiger partial charge in [0.05, 0.1) is 34.5 Å². The Bertz CT molecular complexity index is 1060. The van der Waals surface area contributed by atoms with Crippen LogP contribution in [-0.4, -0.2) is 42.2 Å². The average molecular weight is 386 g/mol. The molecule has 0 fully saturated rings. The zero-order valence-electron chi connectivity index (χ0n) is 14.8. The minimum atomic E-state index is -1.26. The van der Waals surface area contributed by atoms with E-state index in [0.29, 0.717) is 6.42 Å². The second-order valence-corrected chi connectivity index (χ2v) is 7.15. The summed E-state index contributed by atoms with van der Waals surface area (Å²) in [7, 11) is 0. The van der Waals surface area contributed by atoms with Crippen LogP contribution < -0.4 is 0 Å². The number of aromatic hydroxyl groups is 4. The predicted molar refractivity (Wildman–Crippen MR) is 94.7 cm³/mol. The highest BCUT2D eigenvalue weighted by Crippen LogP contribution is 2.54. The summed E-state index contributed by atoms with van der Waals surface area (Å²) < 4.78 is 0. The largest absolute Gasteiger partial charge is 0.507 e. The van der Waals surface area contributed by atoms with Crippen LogP contribution in [0, 0.1) is 5.92 Å². The number of ketones is 2. The zero-order chi connectivity index (χ0) is 20.5. The molecule has 2 aliphatic rings. The molecule has 146 valence electrons. The molecule has 0 saturated heterocycles. The van der Waals surface area contributed by atoms with E-state index in [2.05, 4.69) is 0 Å². The van der Waals surface area contributed by atoms with Crippen molar-refractivity contribution < 1.29 is 40.2 Å². The molecule has 4 rings (SSSR count). The number of fused-ring (bicyclic) bond motifs is 3. The first kappa shape index (κ1) is 18.3. The third-order valence-electron chi connectivity index (χ3n) is 5.72. The van der Waals surface area contributed by atoms with Crippen LogP contribution >= 0.6 is 0 Å². The van der Waals surface area contributed by atoms with Crippen LogP contribution in [0.3, 0.4) is 0 Å². The Morgan fingerprint density at radius 2 is 1.29 bits per heavy atom. The Balaban J connectivity index is 2.09. The van der Waals surface area contributed by atoms with Crippen molar-refractivity contribution in [1.82, 2.24) is 0 Å². The molecular weight excluding hydrogens is 368 g/mol. The molecule has 0 spiro atoms. The van der Waals surface area contributed by atoms with Gasteiger partial charge >= 0.3 is 0 Å². The monoisotopic (exact) mass is 386 g/mol. The van der Waals surface area contributed by atoms with Crippen molar-refractivity contribution in [2.75, 3.05) is 0 Å². The van der Waals surface area contributed by atoms with Gasteiger partial charge in [-0.15, -0.1) is 0 Å². The fourth-order valence-corrected chi connectivity index (χ4v) is 4.29. The van der Waals surface area contributed by atoms with Gasteiger partial charge in [-0.25, -0.2) is 0 Å². The number of benzene rings is 2. The second kappa shape index (κ2) is 5.95. The van der Waals surface area contributed by atoms with E-state index in [4.69, 9.17) is 0 Å². The molecule has 8 nitrogen and oxygen atoms in total. The van der Waals surface area contributed by atoms with E-state index in [1.807, 2.05) is 0 Å². The molecule has 3 unspecified atom stereocenters. The number of aliphatic hydroxyl groups is 2. The summed E-state index contributed by atoms with van der Waals surface area (Å²) in [5, 5.41) is 62.7. The number of hydrogen-bond donors (Lipinski definition) is 6. The van der Waals surface area contributed by atoms with Crippen LogP contribution in [-0.2, 0) is 0 Å². The first-order chi connectivity index (χ1) is 13.2. The highest BCUT2D eigenvalue weighted by molar-refractivity contribution is 6.32. The number of hydrogen-bond acceptors (Lipinski definition) is 8. The third kappa shape index (κ3) is 2.12. The maximum absolute atomic E-state index is 13.0. The molecule has 0 bridgehead atoms. The van der Waals surface area contributed by atoms with Gasteiger partial charge in [0.25, 0.3) is 0 Å². The third-order valence-corrected chi connectivity index (χ3v) is 5.72. The molecule has 0 amide bonds. The summed E-state index contributed by atoms with van der Waals surface area (Å²) in [6, 6.07) is 2.06. The van der Waals surface area contributed by atoms with E-state index in [0.717, 1.165) is 12.1 Å². The first-order valence-corrected chi connectivity index (χ1v) is 8.82. The van der Waals surface area contributed by atoms with E-state index in [1.54, 1.807) is 6.92 Å². The van der Waals surface area contributed by atoms with Gasteiger partial charge in [0.15, 0.2) is 0 Å². The van der Waals surface area contributed by atoms with E-state index in [9.17, 15) is 40.2 Å². The molecule has 0 radical (unpaired) electrons. The molecule has 0 aromatic heterocycles. The fraction of sp³-hybridized carbons (Fsp3) is 0.300. The number of aliphatic hydroxyl groups excluding tert-OH is 2. The van der Waals surface area contributed by atoms with Crippen molar-refractivity contribution in [3.8, 4) is 23.0 Å². The zero-order valence-corrected chi connectivity index (χ0v) is 14.8. The Morgan fingerprint density at radius 3 is 1.75 bits per heavy atom. The molecule has 28 heavy (non-hydrogen) atoms. The maximum Gasteiger partial charge on any atom is 0.202 e. The van der Waals surface area contributed by atoms with Gasteiger partial charge in [-0.3, -0.25) is 9.59 Å². The SMILES string of the molecule is CCC1CC(O)c2c(O)c3c(c(O)c2C1O)C(=O)c1c(O)ccc(O)c1C3=O. The number of phenols is 4. The molecule has 0 heterocycles. The van der Waals surface area contributed by atoms with Crippen LogP contribution in [0.2, 0.25) is 0 Å². The molecule has 0 aliphatic heterocycles. The summed E-state index contributed by atoms with van der Waals surface area (Å²) >= 11 is 0. The Hall–Kier alpha value is -3.10. The lowest BCUT2D eigenvalue weighted by Crippen LogP contribution is -2.28. The number of carbonyl (C=O) groups excluding carboxylic acids is 2. The quantitative estimate of drug-likeness (QED) is 0.346. The van der Waals surface area contributed by atoms with E-state index >= 15 is 0 Å². The van der Waals surface area contributed by atoms with Crippen molar-refractivity contribution in [3.05, 3.63) is 45.5 Å². The van der Waals surface area contributed by atoms with Crippen LogP contribution in [0.15, 0.2) is 12.1 Å². The lowest BCUT2D eigenvalue weighted by Gasteiger charge is -2.35. The highest BCUT2D eigenvalue weighted by atomic mass is 16.3. The molecule has 6 N–H and O–H groups in total.